The Labute approximate surface area is 137 Å². The van der Waals surface area contributed by atoms with Gasteiger partial charge in [-0.25, -0.2) is 0 Å². The van der Waals surface area contributed by atoms with Gasteiger partial charge in [0.05, 0.1) is 16.7 Å². The van der Waals surface area contributed by atoms with E-state index in [1.165, 1.54) is 12.1 Å². The zero-order valence-electron chi connectivity index (χ0n) is 12.8. The topological polar surface area (TPSA) is 114 Å². The molecule has 0 amide bonds. The van der Waals surface area contributed by atoms with Gasteiger partial charge in [0.1, 0.15) is 17.1 Å². The van der Waals surface area contributed by atoms with Crippen molar-refractivity contribution in [1.82, 2.24) is 0 Å². The molecule has 0 radical (unpaired) electrons. The maximum Gasteiger partial charge on any atom is 0.273 e. The number of non-ortho nitro benzene ring substituents is 1. The smallest absolute Gasteiger partial charge is 0.273 e. The van der Waals surface area contributed by atoms with Crippen LogP contribution in [-0.4, -0.2) is 10.0 Å². The molecule has 0 spiro atoms. The van der Waals surface area contributed by atoms with Crippen LogP contribution in [0, 0.1) is 17.0 Å². The van der Waals surface area contributed by atoms with E-state index in [0.29, 0.717) is 11.4 Å². The van der Waals surface area contributed by atoms with Crippen LogP contribution in [-0.2, 0) is 0 Å². The van der Waals surface area contributed by atoms with Crippen molar-refractivity contribution in [1.29, 1.82) is 0 Å². The van der Waals surface area contributed by atoms with E-state index in [9.17, 15) is 15.2 Å². The van der Waals surface area contributed by atoms with E-state index >= 15 is 0 Å². The van der Waals surface area contributed by atoms with E-state index in [1.807, 2.05) is 31.2 Å². The third kappa shape index (κ3) is 2.87. The zero-order valence-corrected chi connectivity index (χ0v) is 12.8. The molecular weight excluding hydrogens is 308 g/mol. The molecule has 7 nitrogen and oxygen atoms in total. The number of phenolic OH excluding ortho intramolecular Hbond substituents is 1. The van der Waals surface area contributed by atoms with Gasteiger partial charge < -0.3 is 10.8 Å². The van der Waals surface area contributed by atoms with Crippen LogP contribution in [0.25, 0.3) is 10.8 Å². The first-order chi connectivity index (χ1) is 11.5. The first kappa shape index (κ1) is 15.4. The number of nitrogens with zero attached hydrogens (tertiary/aromatic N) is 3. The minimum atomic E-state index is -0.592. The van der Waals surface area contributed by atoms with Gasteiger partial charge in [0.2, 0.25) is 0 Å². The Balaban J connectivity index is 2.05. The third-order valence-electron chi connectivity index (χ3n) is 3.61. The molecule has 3 N–H and O–H groups in total. The second-order valence-corrected chi connectivity index (χ2v) is 5.36. The summed E-state index contributed by atoms with van der Waals surface area (Å²) in [6.07, 6.45) is 0. The molecule has 3 aromatic rings. The van der Waals surface area contributed by atoms with E-state index in [2.05, 4.69) is 10.2 Å². The zero-order chi connectivity index (χ0) is 17.3. The van der Waals surface area contributed by atoms with Crippen molar-refractivity contribution in [2.24, 2.45) is 10.2 Å². The number of nitrogen functional groups attached to an aromatic ring is 1. The molecule has 3 aromatic carbocycles. The lowest BCUT2D eigenvalue weighted by molar-refractivity contribution is -0.384. The number of hydrogen-bond donors (Lipinski definition) is 2. The molecule has 0 aliphatic carbocycles. The number of hydrogen-bond acceptors (Lipinski definition) is 6. The van der Waals surface area contributed by atoms with Crippen LogP contribution in [0.5, 0.6) is 5.75 Å². The number of aromatic hydroxyl groups is 1. The number of aryl methyl sites for hydroxylation is 1. The Kier molecular flexibility index (Phi) is 3.83. The van der Waals surface area contributed by atoms with Crippen LogP contribution in [0.15, 0.2) is 58.8 Å². The number of benzene rings is 3. The van der Waals surface area contributed by atoms with Crippen molar-refractivity contribution >= 4 is 33.5 Å². The fourth-order valence-corrected chi connectivity index (χ4v) is 2.38. The highest BCUT2D eigenvalue weighted by molar-refractivity contribution is 5.98. The fourth-order valence-electron chi connectivity index (χ4n) is 2.38. The molecule has 7 heteroatoms. The van der Waals surface area contributed by atoms with Crippen molar-refractivity contribution in [2.45, 2.75) is 6.92 Å². The normalized spacial score (nSPS) is 11.2. The highest BCUT2D eigenvalue weighted by atomic mass is 16.6. The summed E-state index contributed by atoms with van der Waals surface area (Å²) in [7, 11) is 0. The average Bonchev–Trinajstić information content (AvgIpc) is 2.55. The maximum absolute atomic E-state index is 10.7. The molecule has 3 rings (SSSR count). The van der Waals surface area contributed by atoms with Crippen LogP contribution in [0.2, 0.25) is 0 Å². The summed E-state index contributed by atoms with van der Waals surface area (Å²) in [5.74, 6) is -0.317. The number of nitro benzene ring substituents is 1. The molecule has 0 saturated heterocycles. The third-order valence-corrected chi connectivity index (χ3v) is 3.61. The van der Waals surface area contributed by atoms with Gasteiger partial charge in [-0.1, -0.05) is 29.8 Å². The quantitative estimate of drug-likeness (QED) is 0.313. The Morgan fingerprint density at radius 3 is 2.58 bits per heavy atom. The predicted octanol–water partition coefficient (Wildman–Crippen LogP) is 4.76. The Morgan fingerprint density at radius 1 is 1.08 bits per heavy atom. The van der Waals surface area contributed by atoms with Crippen LogP contribution < -0.4 is 5.73 Å². The summed E-state index contributed by atoms with van der Waals surface area (Å²) >= 11 is 0. The molecule has 0 atom stereocenters. The summed E-state index contributed by atoms with van der Waals surface area (Å²) in [5.41, 5.74) is 7.96. The van der Waals surface area contributed by atoms with Crippen molar-refractivity contribution < 1.29 is 10.0 Å². The summed E-state index contributed by atoms with van der Waals surface area (Å²) < 4.78 is 0. The van der Waals surface area contributed by atoms with Gasteiger partial charge in [-0.05, 0) is 24.4 Å². The Morgan fingerprint density at radius 2 is 1.88 bits per heavy atom. The van der Waals surface area contributed by atoms with Gasteiger partial charge in [-0.2, -0.15) is 0 Å². The summed E-state index contributed by atoms with van der Waals surface area (Å²) in [4.78, 5) is 10.1. The predicted molar refractivity (Wildman–Crippen MR) is 92.0 cm³/mol. The van der Waals surface area contributed by atoms with E-state index in [0.717, 1.165) is 22.4 Å². The van der Waals surface area contributed by atoms with Crippen LogP contribution in [0.3, 0.4) is 0 Å². The Hall–Kier alpha value is -3.48. The lowest BCUT2D eigenvalue weighted by atomic mass is 10.1. The summed E-state index contributed by atoms with van der Waals surface area (Å²) in [6, 6.07) is 13.1. The molecule has 120 valence electrons. The number of anilines is 1. The van der Waals surface area contributed by atoms with Gasteiger partial charge in [-0.15, -0.1) is 10.2 Å². The number of nitro groups is 1. The van der Waals surface area contributed by atoms with Crippen molar-refractivity contribution in [3.63, 3.8) is 0 Å². The monoisotopic (exact) mass is 322 g/mol. The molecule has 24 heavy (non-hydrogen) atoms. The second-order valence-electron chi connectivity index (χ2n) is 5.36. The second kappa shape index (κ2) is 5.96. The molecule has 0 saturated carbocycles. The number of nitrogens with two attached hydrogens (primary N) is 1. The number of fused-ring (bicyclic) bond motifs is 1. The lowest BCUT2D eigenvalue weighted by Crippen LogP contribution is -1.87. The number of rotatable bonds is 3. The SMILES string of the molecule is Cc1ccc2c(N=Nc3ccc([N+](=O)[O-])cc3O)c(N)ccc2c1. The first-order valence-corrected chi connectivity index (χ1v) is 7.14. The molecule has 0 fully saturated rings. The largest absolute Gasteiger partial charge is 0.505 e. The minimum absolute atomic E-state index is 0.129. The summed E-state index contributed by atoms with van der Waals surface area (Å²) in [6.45, 7) is 1.99. The maximum atomic E-state index is 10.7. The molecule has 0 heterocycles. The van der Waals surface area contributed by atoms with E-state index in [-0.39, 0.29) is 17.1 Å². The first-order valence-electron chi connectivity index (χ1n) is 7.14. The average molecular weight is 322 g/mol. The van der Waals surface area contributed by atoms with Crippen molar-refractivity contribution in [3.05, 3.63) is 64.2 Å². The molecule has 0 aliphatic rings. The highest BCUT2D eigenvalue weighted by Gasteiger charge is 2.10. The molecule has 0 aliphatic heterocycles. The van der Waals surface area contributed by atoms with Gasteiger partial charge in [0.15, 0.2) is 0 Å². The van der Waals surface area contributed by atoms with Crippen molar-refractivity contribution in [3.8, 4) is 5.75 Å². The summed E-state index contributed by atoms with van der Waals surface area (Å²) in [5, 5.41) is 30.5. The standard InChI is InChI=1S/C17H14N4O3/c1-10-2-5-13-11(8-10)3-6-14(18)17(13)20-19-15-7-4-12(21(23)24)9-16(15)22/h2-9,22H,18H2,1H3. The molecule has 0 bridgehead atoms. The van der Waals surface area contributed by atoms with E-state index in [1.54, 1.807) is 6.07 Å². The van der Waals surface area contributed by atoms with Gasteiger partial charge >= 0.3 is 0 Å². The van der Waals surface area contributed by atoms with E-state index in [4.69, 9.17) is 5.73 Å². The number of phenols is 1. The molecule has 0 aromatic heterocycles. The minimum Gasteiger partial charge on any atom is -0.505 e. The highest BCUT2D eigenvalue weighted by Crippen LogP contribution is 2.36. The molecule has 0 unspecified atom stereocenters. The van der Waals surface area contributed by atoms with Crippen LogP contribution in [0.4, 0.5) is 22.7 Å². The fraction of sp³-hybridized carbons (Fsp3) is 0.0588. The van der Waals surface area contributed by atoms with Crippen LogP contribution in [0.1, 0.15) is 5.56 Å². The molecular formula is C17H14N4O3. The number of azo groups is 1. The van der Waals surface area contributed by atoms with Gasteiger partial charge in [0, 0.05) is 11.5 Å². The lowest BCUT2D eigenvalue weighted by Gasteiger charge is -2.06. The Bertz CT molecular complexity index is 983. The van der Waals surface area contributed by atoms with Crippen molar-refractivity contribution in [2.75, 3.05) is 5.73 Å². The van der Waals surface area contributed by atoms with Crippen LogP contribution >= 0.6 is 0 Å². The van der Waals surface area contributed by atoms with Gasteiger partial charge in [0.25, 0.3) is 5.69 Å². The van der Waals surface area contributed by atoms with Gasteiger partial charge in [-0.3, -0.25) is 10.1 Å². The van der Waals surface area contributed by atoms with E-state index < -0.39 is 4.92 Å².